The van der Waals surface area contributed by atoms with E-state index in [1.807, 2.05) is 60.9 Å². The van der Waals surface area contributed by atoms with Gasteiger partial charge in [-0.05, 0) is 38.0 Å². The fourth-order valence-electron chi connectivity index (χ4n) is 2.77. The number of rotatable bonds is 10. The predicted octanol–water partition coefficient (Wildman–Crippen LogP) is 3.95. The van der Waals surface area contributed by atoms with Gasteiger partial charge in [-0.15, -0.1) is 10.2 Å². The number of amides is 1. The molecule has 0 bridgehead atoms. The summed E-state index contributed by atoms with van der Waals surface area (Å²) >= 11 is 1.37. The molecule has 3 aromatic rings. The number of thioether (sulfide) groups is 1. The number of carbonyl (C=O) groups excluding carboxylic acids is 1. The van der Waals surface area contributed by atoms with E-state index >= 15 is 0 Å². The van der Waals surface area contributed by atoms with Crippen LogP contribution in [0.25, 0.3) is 5.69 Å². The van der Waals surface area contributed by atoms with E-state index in [2.05, 4.69) is 27.6 Å². The van der Waals surface area contributed by atoms with Gasteiger partial charge in [-0.1, -0.05) is 59.8 Å². The maximum absolute atomic E-state index is 12.1. The Morgan fingerprint density at radius 3 is 2.69 bits per heavy atom. The topological polar surface area (TPSA) is 69.0 Å². The predicted molar refractivity (Wildman–Crippen MR) is 115 cm³/mol. The number of hydrogen-bond acceptors (Lipinski definition) is 5. The highest BCUT2D eigenvalue weighted by Crippen LogP contribution is 2.19. The molecule has 0 saturated carbocycles. The molecule has 7 heteroatoms. The molecule has 0 fully saturated rings. The number of ether oxygens (including phenoxy) is 1. The lowest BCUT2D eigenvalue weighted by Crippen LogP contribution is -2.27. The van der Waals surface area contributed by atoms with Gasteiger partial charge in [0.2, 0.25) is 5.91 Å². The van der Waals surface area contributed by atoms with E-state index in [9.17, 15) is 4.79 Å². The minimum atomic E-state index is -0.0236. The second-order valence-electron chi connectivity index (χ2n) is 6.73. The van der Waals surface area contributed by atoms with Gasteiger partial charge in [0.1, 0.15) is 6.33 Å². The van der Waals surface area contributed by atoms with Crippen LogP contribution >= 0.6 is 11.8 Å². The molecule has 1 heterocycles. The minimum absolute atomic E-state index is 0.0236. The molecule has 1 amide bonds. The van der Waals surface area contributed by atoms with E-state index in [4.69, 9.17) is 4.74 Å². The molecule has 2 aromatic carbocycles. The zero-order valence-corrected chi connectivity index (χ0v) is 17.6. The normalized spacial score (nSPS) is 11.9. The Morgan fingerprint density at radius 1 is 1.17 bits per heavy atom. The van der Waals surface area contributed by atoms with Gasteiger partial charge in [0.05, 0.1) is 11.9 Å². The van der Waals surface area contributed by atoms with Gasteiger partial charge >= 0.3 is 0 Å². The molecule has 0 aliphatic heterocycles. The van der Waals surface area contributed by atoms with Crippen molar-refractivity contribution in [2.24, 2.45) is 0 Å². The Bertz CT molecular complexity index is 897. The van der Waals surface area contributed by atoms with E-state index in [0.717, 1.165) is 17.7 Å². The molecule has 0 aliphatic carbocycles. The fourth-order valence-corrected chi connectivity index (χ4v) is 3.53. The smallest absolute Gasteiger partial charge is 0.230 e. The molecule has 1 aromatic heterocycles. The van der Waals surface area contributed by atoms with Crippen molar-refractivity contribution in [2.75, 3.05) is 18.9 Å². The van der Waals surface area contributed by atoms with E-state index < -0.39 is 0 Å². The lowest BCUT2D eigenvalue weighted by Gasteiger charge is -2.13. The number of aryl methyl sites for hydroxylation is 1. The van der Waals surface area contributed by atoms with Crippen LogP contribution in [0.2, 0.25) is 0 Å². The van der Waals surface area contributed by atoms with Gasteiger partial charge < -0.3 is 10.1 Å². The molecule has 0 radical (unpaired) electrons. The Labute approximate surface area is 175 Å². The third-order valence-electron chi connectivity index (χ3n) is 4.44. The molecule has 6 nitrogen and oxygen atoms in total. The quantitative estimate of drug-likeness (QED) is 0.405. The highest BCUT2D eigenvalue weighted by Gasteiger charge is 2.10. The number of aromatic nitrogens is 3. The number of carbonyl (C=O) groups is 1. The third-order valence-corrected chi connectivity index (χ3v) is 5.38. The van der Waals surface area contributed by atoms with Crippen molar-refractivity contribution >= 4 is 17.7 Å². The Hall–Kier alpha value is -2.64. The van der Waals surface area contributed by atoms with Crippen LogP contribution in [-0.4, -0.2) is 39.6 Å². The van der Waals surface area contributed by atoms with Gasteiger partial charge in [-0.2, -0.15) is 0 Å². The molecular formula is C22H26N4O2S. The Balaban J connectivity index is 1.36. The maximum Gasteiger partial charge on any atom is 0.230 e. The second-order valence-corrected chi connectivity index (χ2v) is 7.68. The first-order valence-corrected chi connectivity index (χ1v) is 10.6. The van der Waals surface area contributed by atoms with Crippen LogP contribution in [0, 0.1) is 6.92 Å². The fraction of sp³-hybridized carbons (Fsp3) is 0.318. The summed E-state index contributed by atoms with van der Waals surface area (Å²) in [5, 5.41) is 11.7. The van der Waals surface area contributed by atoms with E-state index in [-0.39, 0.29) is 12.0 Å². The zero-order valence-electron chi connectivity index (χ0n) is 16.7. The largest absolute Gasteiger partial charge is 0.374 e. The molecule has 0 spiro atoms. The summed E-state index contributed by atoms with van der Waals surface area (Å²) in [6, 6.07) is 18.2. The van der Waals surface area contributed by atoms with Crippen molar-refractivity contribution in [3.63, 3.8) is 0 Å². The third kappa shape index (κ3) is 6.44. The van der Waals surface area contributed by atoms with Crippen LogP contribution in [0.3, 0.4) is 0 Å². The lowest BCUT2D eigenvalue weighted by atomic mass is 10.1. The van der Waals surface area contributed by atoms with Crippen LogP contribution in [0.4, 0.5) is 0 Å². The van der Waals surface area contributed by atoms with Crippen LogP contribution in [0.5, 0.6) is 0 Å². The van der Waals surface area contributed by atoms with Crippen LogP contribution in [-0.2, 0) is 9.53 Å². The molecule has 3 rings (SSSR count). The van der Waals surface area contributed by atoms with Crippen molar-refractivity contribution < 1.29 is 9.53 Å². The lowest BCUT2D eigenvalue weighted by molar-refractivity contribution is -0.118. The van der Waals surface area contributed by atoms with Gasteiger partial charge in [0, 0.05) is 18.8 Å². The van der Waals surface area contributed by atoms with Gasteiger partial charge in [0.25, 0.3) is 0 Å². The van der Waals surface area contributed by atoms with E-state index in [1.165, 1.54) is 17.3 Å². The van der Waals surface area contributed by atoms with Gasteiger partial charge in [-0.25, -0.2) is 0 Å². The summed E-state index contributed by atoms with van der Waals surface area (Å²) in [6.45, 7) is 5.27. The maximum atomic E-state index is 12.1. The molecular weight excluding hydrogens is 384 g/mol. The molecule has 29 heavy (non-hydrogen) atoms. The standard InChI is InChI=1S/C22H26N4O2S/c1-17-9-11-20(12-10-17)26-16-24-25-22(26)29-15-21(27)23-13-6-14-28-18(2)19-7-4-3-5-8-19/h3-5,7-12,16,18H,6,13-15H2,1-2H3,(H,23,27). The van der Waals surface area contributed by atoms with E-state index in [1.54, 1.807) is 6.33 Å². The highest BCUT2D eigenvalue weighted by molar-refractivity contribution is 7.99. The van der Waals surface area contributed by atoms with Crippen molar-refractivity contribution in [1.29, 1.82) is 0 Å². The van der Waals surface area contributed by atoms with Crippen molar-refractivity contribution in [1.82, 2.24) is 20.1 Å². The average Bonchev–Trinajstić information content (AvgIpc) is 3.21. The summed E-state index contributed by atoms with van der Waals surface area (Å²) in [4.78, 5) is 12.1. The van der Waals surface area contributed by atoms with Crippen LogP contribution < -0.4 is 5.32 Å². The van der Waals surface area contributed by atoms with Crippen molar-refractivity contribution in [3.05, 3.63) is 72.1 Å². The molecule has 152 valence electrons. The van der Waals surface area contributed by atoms with Crippen molar-refractivity contribution in [2.45, 2.75) is 31.5 Å². The van der Waals surface area contributed by atoms with Crippen LogP contribution in [0.1, 0.15) is 30.6 Å². The monoisotopic (exact) mass is 410 g/mol. The van der Waals surface area contributed by atoms with E-state index in [0.29, 0.717) is 24.1 Å². The second kappa shape index (κ2) is 10.8. The minimum Gasteiger partial charge on any atom is -0.374 e. The summed E-state index contributed by atoms with van der Waals surface area (Å²) in [5.74, 6) is 0.274. The summed E-state index contributed by atoms with van der Waals surface area (Å²) in [6.07, 6.45) is 2.49. The van der Waals surface area contributed by atoms with Gasteiger partial charge in [-0.3, -0.25) is 9.36 Å². The molecule has 0 saturated heterocycles. The molecule has 1 N–H and O–H groups in total. The highest BCUT2D eigenvalue weighted by atomic mass is 32.2. The van der Waals surface area contributed by atoms with Gasteiger partial charge in [0.15, 0.2) is 5.16 Å². The Kier molecular flexibility index (Phi) is 7.84. The molecule has 1 unspecified atom stereocenters. The number of benzene rings is 2. The SMILES string of the molecule is Cc1ccc(-n2cnnc2SCC(=O)NCCCOC(C)c2ccccc2)cc1. The van der Waals surface area contributed by atoms with Crippen LogP contribution in [0.15, 0.2) is 66.1 Å². The summed E-state index contributed by atoms with van der Waals surface area (Å²) in [5.41, 5.74) is 3.33. The van der Waals surface area contributed by atoms with Crippen molar-refractivity contribution in [3.8, 4) is 5.69 Å². The molecule has 0 aliphatic rings. The first-order chi connectivity index (χ1) is 14.1. The first-order valence-electron chi connectivity index (χ1n) is 9.66. The first kappa shape index (κ1) is 21.1. The number of nitrogens with zero attached hydrogens (tertiary/aromatic N) is 3. The Morgan fingerprint density at radius 2 is 1.93 bits per heavy atom. The summed E-state index contributed by atoms with van der Waals surface area (Å²) in [7, 11) is 0. The number of hydrogen-bond donors (Lipinski definition) is 1. The zero-order chi connectivity index (χ0) is 20.5. The average molecular weight is 411 g/mol. The summed E-state index contributed by atoms with van der Waals surface area (Å²) < 4.78 is 7.71. The molecule has 1 atom stereocenters. The number of nitrogens with one attached hydrogen (secondary N) is 1.